The normalized spacial score (nSPS) is 12.9. The topological polar surface area (TPSA) is 65.4 Å². The molecular weight excluding hydrogens is 434 g/mol. The molecule has 1 heterocycles. The molecule has 0 fully saturated rings. The van der Waals surface area contributed by atoms with E-state index in [1.54, 1.807) is 12.1 Å². The van der Waals surface area contributed by atoms with Crippen LogP contribution in [0.15, 0.2) is 47.6 Å². The first kappa shape index (κ1) is 21.6. The van der Waals surface area contributed by atoms with E-state index in [-0.39, 0.29) is 11.7 Å². The molecule has 0 aliphatic heterocycles. The van der Waals surface area contributed by atoms with Crippen molar-refractivity contribution < 1.29 is 14.3 Å². The van der Waals surface area contributed by atoms with Crippen molar-refractivity contribution in [1.29, 1.82) is 0 Å². The molecule has 8 heteroatoms. The molecule has 1 aromatic heterocycles. The van der Waals surface area contributed by atoms with Crippen molar-refractivity contribution in [3.05, 3.63) is 58.9 Å². The highest BCUT2D eigenvalue weighted by Crippen LogP contribution is 2.36. The number of imidazole rings is 1. The standard InChI is InChI=1S/C23H24ClN3O3S/c1-29-20-13-18(21(30-2)12-16(20)24)25-22(28)14-31-23-26-17-10-6-7-11-19(17)27(23)15-8-4-3-5-9-15/h3-5,8-9,12-13H,6-7,10-11,14H2,1-2H3,(H,25,28). The second-order valence-electron chi connectivity index (χ2n) is 7.19. The van der Waals surface area contributed by atoms with Crippen molar-refractivity contribution in [2.45, 2.75) is 30.8 Å². The molecule has 0 radical (unpaired) electrons. The molecule has 0 spiro atoms. The Morgan fingerprint density at radius 2 is 1.87 bits per heavy atom. The van der Waals surface area contributed by atoms with Crippen LogP contribution in [-0.4, -0.2) is 35.4 Å². The zero-order chi connectivity index (χ0) is 21.8. The van der Waals surface area contributed by atoms with E-state index in [2.05, 4.69) is 22.0 Å². The molecule has 0 saturated carbocycles. The van der Waals surface area contributed by atoms with Gasteiger partial charge < -0.3 is 14.8 Å². The molecular formula is C23H24ClN3O3S. The second kappa shape index (κ2) is 9.66. The SMILES string of the molecule is COc1cc(NC(=O)CSc2nc3c(n2-c2ccccc2)CCCC3)c(OC)cc1Cl. The number of nitrogens with zero attached hydrogens (tertiary/aromatic N) is 2. The quantitative estimate of drug-likeness (QED) is 0.497. The molecule has 162 valence electrons. The molecule has 0 unspecified atom stereocenters. The number of hydrogen-bond donors (Lipinski definition) is 1. The molecule has 3 aromatic rings. The summed E-state index contributed by atoms with van der Waals surface area (Å²) < 4.78 is 12.8. The maximum atomic E-state index is 12.7. The molecule has 0 atom stereocenters. The van der Waals surface area contributed by atoms with Gasteiger partial charge >= 0.3 is 0 Å². The molecule has 1 aliphatic rings. The third kappa shape index (κ3) is 4.67. The summed E-state index contributed by atoms with van der Waals surface area (Å²) in [5, 5.41) is 4.15. The summed E-state index contributed by atoms with van der Waals surface area (Å²) in [6, 6.07) is 13.5. The van der Waals surface area contributed by atoms with Crippen LogP contribution in [-0.2, 0) is 17.6 Å². The summed E-state index contributed by atoms with van der Waals surface area (Å²) in [5.74, 6) is 1.01. The van der Waals surface area contributed by atoms with Gasteiger partial charge in [-0.3, -0.25) is 9.36 Å². The minimum atomic E-state index is -0.159. The number of aryl methyl sites for hydroxylation is 1. The van der Waals surface area contributed by atoms with Crippen LogP contribution in [0.2, 0.25) is 5.02 Å². The van der Waals surface area contributed by atoms with E-state index in [1.165, 1.54) is 31.7 Å². The number of nitrogens with one attached hydrogen (secondary N) is 1. The van der Waals surface area contributed by atoms with E-state index >= 15 is 0 Å². The van der Waals surface area contributed by atoms with Crippen LogP contribution >= 0.6 is 23.4 Å². The Bertz CT molecular complexity index is 1090. The summed E-state index contributed by atoms with van der Waals surface area (Å²) in [5.41, 5.74) is 3.98. The summed E-state index contributed by atoms with van der Waals surface area (Å²) in [6.07, 6.45) is 4.30. The first-order valence-corrected chi connectivity index (χ1v) is 11.5. The van der Waals surface area contributed by atoms with Crippen LogP contribution < -0.4 is 14.8 Å². The maximum absolute atomic E-state index is 12.7. The number of benzene rings is 2. The summed E-state index contributed by atoms with van der Waals surface area (Å²) in [6.45, 7) is 0. The molecule has 0 bridgehead atoms. The van der Waals surface area contributed by atoms with Crippen LogP contribution in [0.1, 0.15) is 24.2 Å². The van der Waals surface area contributed by atoms with Crippen LogP contribution in [0.3, 0.4) is 0 Å². The third-order valence-corrected chi connectivity index (χ3v) is 6.43. The lowest BCUT2D eigenvalue weighted by Crippen LogP contribution is -2.15. The largest absolute Gasteiger partial charge is 0.495 e. The fourth-order valence-electron chi connectivity index (χ4n) is 3.73. The Morgan fingerprint density at radius 1 is 1.13 bits per heavy atom. The summed E-state index contributed by atoms with van der Waals surface area (Å²) in [4.78, 5) is 17.6. The highest BCUT2D eigenvalue weighted by Gasteiger charge is 2.22. The van der Waals surface area contributed by atoms with Crippen molar-refractivity contribution in [1.82, 2.24) is 9.55 Å². The van der Waals surface area contributed by atoms with Gasteiger partial charge in [0.2, 0.25) is 5.91 Å². The van der Waals surface area contributed by atoms with Crippen molar-refractivity contribution in [3.63, 3.8) is 0 Å². The smallest absolute Gasteiger partial charge is 0.234 e. The average Bonchev–Trinajstić information content (AvgIpc) is 3.17. The van der Waals surface area contributed by atoms with E-state index in [0.29, 0.717) is 22.2 Å². The molecule has 1 aliphatic carbocycles. The number of thioether (sulfide) groups is 1. The van der Waals surface area contributed by atoms with Gasteiger partial charge in [-0.15, -0.1) is 0 Å². The number of carbonyl (C=O) groups excluding carboxylic acids is 1. The lowest BCUT2D eigenvalue weighted by atomic mass is 10.0. The van der Waals surface area contributed by atoms with Crippen molar-refractivity contribution >= 4 is 35.0 Å². The number of fused-ring (bicyclic) bond motifs is 1. The van der Waals surface area contributed by atoms with Gasteiger partial charge in [-0.25, -0.2) is 4.98 Å². The zero-order valence-corrected chi connectivity index (χ0v) is 19.1. The second-order valence-corrected chi connectivity index (χ2v) is 8.54. The monoisotopic (exact) mass is 457 g/mol. The number of halogens is 1. The molecule has 4 rings (SSSR count). The highest BCUT2D eigenvalue weighted by atomic mass is 35.5. The zero-order valence-electron chi connectivity index (χ0n) is 17.5. The Morgan fingerprint density at radius 3 is 2.61 bits per heavy atom. The van der Waals surface area contributed by atoms with Gasteiger partial charge in [0, 0.05) is 23.5 Å². The Kier molecular flexibility index (Phi) is 6.73. The van der Waals surface area contributed by atoms with Gasteiger partial charge in [-0.2, -0.15) is 0 Å². The molecule has 31 heavy (non-hydrogen) atoms. The number of aromatic nitrogens is 2. The summed E-state index contributed by atoms with van der Waals surface area (Å²) in [7, 11) is 3.06. The lowest BCUT2D eigenvalue weighted by Gasteiger charge is -2.15. The predicted molar refractivity (Wildman–Crippen MR) is 124 cm³/mol. The van der Waals surface area contributed by atoms with Crippen molar-refractivity contribution in [2.75, 3.05) is 25.3 Å². The molecule has 1 amide bonds. The van der Waals surface area contributed by atoms with E-state index < -0.39 is 0 Å². The predicted octanol–water partition coefficient (Wildman–Crippen LogP) is 5.15. The highest BCUT2D eigenvalue weighted by molar-refractivity contribution is 7.99. The number of amides is 1. The molecule has 2 aromatic carbocycles. The minimum Gasteiger partial charge on any atom is -0.495 e. The number of hydrogen-bond acceptors (Lipinski definition) is 5. The third-order valence-electron chi connectivity index (χ3n) is 5.20. The number of para-hydroxylation sites is 1. The minimum absolute atomic E-state index is 0.159. The Balaban J connectivity index is 1.54. The van der Waals surface area contributed by atoms with Crippen LogP contribution in [0.4, 0.5) is 5.69 Å². The number of anilines is 1. The number of ether oxygens (including phenoxy) is 2. The number of methoxy groups -OCH3 is 2. The Labute approximate surface area is 190 Å². The van der Waals surface area contributed by atoms with E-state index in [0.717, 1.165) is 42.2 Å². The fourth-order valence-corrected chi connectivity index (χ4v) is 4.81. The van der Waals surface area contributed by atoms with E-state index in [1.807, 2.05) is 18.2 Å². The van der Waals surface area contributed by atoms with Crippen molar-refractivity contribution in [3.8, 4) is 17.2 Å². The molecule has 1 N–H and O–H groups in total. The van der Waals surface area contributed by atoms with Gasteiger partial charge in [0.05, 0.1) is 36.4 Å². The first-order chi connectivity index (χ1) is 15.1. The van der Waals surface area contributed by atoms with Gasteiger partial charge in [0.25, 0.3) is 0 Å². The van der Waals surface area contributed by atoms with E-state index in [9.17, 15) is 4.79 Å². The lowest BCUT2D eigenvalue weighted by molar-refractivity contribution is -0.113. The maximum Gasteiger partial charge on any atom is 0.234 e. The number of carbonyl (C=O) groups is 1. The Hall–Kier alpha value is -2.64. The van der Waals surface area contributed by atoms with Crippen LogP contribution in [0.5, 0.6) is 11.5 Å². The average molecular weight is 458 g/mol. The van der Waals surface area contributed by atoms with Gasteiger partial charge in [-0.1, -0.05) is 41.6 Å². The van der Waals surface area contributed by atoms with Crippen LogP contribution in [0, 0.1) is 0 Å². The van der Waals surface area contributed by atoms with Crippen LogP contribution in [0.25, 0.3) is 5.69 Å². The molecule has 0 saturated heterocycles. The van der Waals surface area contributed by atoms with Gasteiger partial charge in [0.15, 0.2) is 5.16 Å². The fraction of sp³-hybridized carbons (Fsp3) is 0.304. The van der Waals surface area contributed by atoms with Gasteiger partial charge in [-0.05, 0) is 37.8 Å². The van der Waals surface area contributed by atoms with Crippen molar-refractivity contribution in [2.24, 2.45) is 0 Å². The summed E-state index contributed by atoms with van der Waals surface area (Å²) >= 11 is 7.58. The first-order valence-electron chi connectivity index (χ1n) is 10.1. The number of rotatable bonds is 7. The van der Waals surface area contributed by atoms with E-state index in [4.69, 9.17) is 26.1 Å². The van der Waals surface area contributed by atoms with Gasteiger partial charge in [0.1, 0.15) is 11.5 Å². The molecule has 6 nitrogen and oxygen atoms in total.